The van der Waals surface area contributed by atoms with Gasteiger partial charge in [0.15, 0.2) is 0 Å². The minimum Gasteiger partial charge on any atom is -0.378 e. The van der Waals surface area contributed by atoms with Crippen LogP contribution >= 0.6 is 0 Å². The van der Waals surface area contributed by atoms with Crippen LogP contribution < -0.4 is 10.2 Å². The van der Waals surface area contributed by atoms with Crippen LogP contribution in [0.5, 0.6) is 0 Å². The smallest absolute Gasteiger partial charge is 0.0498 e. The van der Waals surface area contributed by atoms with Crippen molar-refractivity contribution in [3.05, 3.63) is 54.1 Å². The number of hydrogen-bond acceptors (Lipinski definition) is 3. The molecule has 0 amide bonds. The summed E-state index contributed by atoms with van der Waals surface area (Å²) in [6.07, 6.45) is 4.29. The Kier molecular flexibility index (Phi) is 5.01. The molecule has 0 aliphatic carbocycles. The van der Waals surface area contributed by atoms with Crippen LogP contribution in [0.4, 0.5) is 11.4 Å². The molecule has 0 spiro atoms. The van der Waals surface area contributed by atoms with Crippen molar-refractivity contribution in [2.45, 2.75) is 30.7 Å². The third-order valence-corrected chi connectivity index (χ3v) is 5.35. The Morgan fingerprint density at radius 1 is 1.09 bits per heavy atom. The largest absolute Gasteiger partial charge is 0.378 e. The molecule has 4 heteroatoms. The van der Waals surface area contributed by atoms with Crippen molar-refractivity contribution in [2.24, 2.45) is 0 Å². The van der Waals surface area contributed by atoms with E-state index in [1.54, 1.807) is 6.26 Å². The fraction of sp³-hybridized carbons (Fsp3) is 0.368. The first-order valence-corrected chi connectivity index (χ1v) is 9.74. The second kappa shape index (κ2) is 7.18. The highest BCUT2D eigenvalue weighted by atomic mass is 32.2. The van der Waals surface area contributed by atoms with Gasteiger partial charge in [-0.05, 0) is 55.7 Å². The second-order valence-corrected chi connectivity index (χ2v) is 7.51. The number of hydrogen-bond donors (Lipinski definition) is 1. The molecule has 2 atom stereocenters. The summed E-state index contributed by atoms with van der Waals surface area (Å²) in [5.41, 5.74) is 3.65. The Morgan fingerprint density at radius 3 is 2.43 bits per heavy atom. The highest BCUT2D eigenvalue weighted by molar-refractivity contribution is 7.84. The van der Waals surface area contributed by atoms with Gasteiger partial charge in [0.25, 0.3) is 0 Å². The molecule has 1 saturated heterocycles. The van der Waals surface area contributed by atoms with E-state index in [0.717, 1.165) is 23.7 Å². The van der Waals surface area contributed by atoms with E-state index >= 15 is 0 Å². The zero-order valence-corrected chi connectivity index (χ0v) is 14.6. The van der Waals surface area contributed by atoms with Crippen molar-refractivity contribution in [1.82, 2.24) is 0 Å². The Bertz CT molecular complexity index is 678. The molecule has 0 saturated carbocycles. The fourth-order valence-electron chi connectivity index (χ4n) is 3.05. The lowest BCUT2D eigenvalue weighted by Gasteiger charge is -2.21. The quantitative estimate of drug-likeness (QED) is 0.893. The molecule has 0 unspecified atom stereocenters. The first-order valence-electron chi connectivity index (χ1n) is 8.18. The second-order valence-electron chi connectivity index (χ2n) is 6.13. The van der Waals surface area contributed by atoms with Gasteiger partial charge >= 0.3 is 0 Å². The van der Waals surface area contributed by atoms with Crippen molar-refractivity contribution >= 4 is 22.2 Å². The predicted octanol–water partition coefficient (Wildman–Crippen LogP) is 4.20. The number of nitrogens with one attached hydrogen (secondary N) is 1. The molecule has 1 heterocycles. The zero-order valence-electron chi connectivity index (χ0n) is 13.8. The molecular weight excluding hydrogens is 304 g/mol. The Morgan fingerprint density at radius 2 is 1.78 bits per heavy atom. The molecule has 0 bridgehead atoms. The van der Waals surface area contributed by atoms with Gasteiger partial charge in [0, 0.05) is 52.5 Å². The van der Waals surface area contributed by atoms with Crippen LogP contribution in [0.15, 0.2) is 53.4 Å². The van der Waals surface area contributed by atoms with E-state index in [9.17, 15) is 4.21 Å². The van der Waals surface area contributed by atoms with Crippen LogP contribution in [0.25, 0.3) is 0 Å². The molecule has 3 rings (SSSR count). The Balaban J connectivity index is 1.70. The van der Waals surface area contributed by atoms with Crippen LogP contribution in [0.3, 0.4) is 0 Å². The van der Waals surface area contributed by atoms with Gasteiger partial charge in [-0.25, -0.2) is 0 Å². The van der Waals surface area contributed by atoms with Crippen molar-refractivity contribution in [3.63, 3.8) is 0 Å². The lowest BCUT2D eigenvalue weighted by molar-refractivity contribution is 0.686. The molecule has 1 aliphatic heterocycles. The van der Waals surface area contributed by atoms with E-state index in [0.29, 0.717) is 0 Å². The van der Waals surface area contributed by atoms with Crippen molar-refractivity contribution in [3.8, 4) is 0 Å². The van der Waals surface area contributed by atoms with Crippen LogP contribution in [0, 0.1) is 0 Å². The van der Waals surface area contributed by atoms with E-state index in [4.69, 9.17) is 0 Å². The van der Waals surface area contributed by atoms with E-state index in [2.05, 4.69) is 53.5 Å². The lowest BCUT2D eigenvalue weighted by atomic mass is 10.1. The monoisotopic (exact) mass is 328 g/mol. The average Bonchev–Trinajstić information content (AvgIpc) is 3.10. The maximum atomic E-state index is 11.5. The highest BCUT2D eigenvalue weighted by Gasteiger charge is 2.13. The molecule has 1 fully saturated rings. The van der Waals surface area contributed by atoms with Gasteiger partial charge in [-0.1, -0.05) is 18.2 Å². The van der Waals surface area contributed by atoms with E-state index < -0.39 is 10.8 Å². The molecule has 23 heavy (non-hydrogen) atoms. The molecule has 0 radical (unpaired) electrons. The number of benzene rings is 2. The third kappa shape index (κ3) is 3.94. The molecule has 1 N–H and O–H groups in total. The topological polar surface area (TPSA) is 32.3 Å². The molecular formula is C19H24N2OS. The van der Waals surface area contributed by atoms with E-state index in [-0.39, 0.29) is 6.04 Å². The molecule has 0 aromatic heterocycles. The summed E-state index contributed by atoms with van der Waals surface area (Å²) in [5, 5.41) is 3.57. The standard InChI is InChI=1S/C19H24N2OS/c1-15(16-8-10-19(11-9-16)23(2)22)20-17-6-5-7-18(14-17)21-12-3-4-13-21/h5-11,14-15,20H,3-4,12-13H2,1-2H3/t15-,23+/m0/s1. The summed E-state index contributed by atoms with van der Waals surface area (Å²) in [4.78, 5) is 3.32. The molecule has 2 aromatic carbocycles. The van der Waals surface area contributed by atoms with E-state index in [1.807, 2.05) is 12.1 Å². The lowest BCUT2D eigenvalue weighted by Crippen LogP contribution is -2.17. The van der Waals surface area contributed by atoms with E-state index in [1.165, 1.54) is 24.1 Å². The normalized spacial score (nSPS) is 17.0. The summed E-state index contributed by atoms with van der Waals surface area (Å²) >= 11 is 0. The highest BCUT2D eigenvalue weighted by Crippen LogP contribution is 2.26. The molecule has 1 aliphatic rings. The molecule has 2 aromatic rings. The van der Waals surface area contributed by atoms with Gasteiger partial charge in [-0.15, -0.1) is 0 Å². The van der Waals surface area contributed by atoms with Crippen molar-refractivity contribution < 1.29 is 4.21 Å². The van der Waals surface area contributed by atoms with Crippen molar-refractivity contribution in [2.75, 3.05) is 29.6 Å². The van der Waals surface area contributed by atoms with Crippen LogP contribution in [-0.2, 0) is 10.8 Å². The maximum absolute atomic E-state index is 11.5. The number of anilines is 2. The molecule has 3 nitrogen and oxygen atoms in total. The van der Waals surface area contributed by atoms with Crippen LogP contribution in [0.2, 0.25) is 0 Å². The summed E-state index contributed by atoms with van der Waals surface area (Å²) in [6, 6.07) is 16.9. The van der Waals surface area contributed by atoms with Crippen LogP contribution in [0.1, 0.15) is 31.4 Å². The first kappa shape index (κ1) is 16.1. The predicted molar refractivity (Wildman–Crippen MR) is 98.7 cm³/mol. The van der Waals surface area contributed by atoms with Gasteiger partial charge in [-0.3, -0.25) is 4.21 Å². The minimum absolute atomic E-state index is 0.211. The van der Waals surface area contributed by atoms with Gasteiger partial charge in [-0.2, -0.15) is 0 Å². The zero-order chi connectivity index (χ0) is 16.2. The van der Waals surface area contributed by atoms with Gasteiger partial charge in [0.2, 0.25) is 0 Å². The summed E-state index contributed by atoms with van der Waals surface area (Å²) < 4.78 is 11.5. The average molecular weight is 328 g/mol. The van der Waals surface area contributed by atoms with Gasteiger partial charge in [0.05, 0.1) is 0 Å². The van der Waals surface area contributed by atoms with Gasteiger partial charge in [0.1, 0.15) is 0 Å². The summed E-state index contributed by atoms with van der Waals surface area (Å²) in [7, 11) is -0.919. The minimum atomic E-state index is -0.919. The molecule has 122 valence electrons. The number of nitrogens with zero attached hydrogens (tertiary/aromatic N) is 1. The maximum Gasteiger partial charge on any atom is 0.0498 e. The Hall–Kier alpha value is -1.81. The number of rotatable bonds is 5. The summed E-state index contributed by atoms with van der Waals surface area (Å²) in [5.74, 6) is 0. The SMILES string of the molecule is C[C@H](Nc1cccc(N2CCCC2)c1)c1ccc([S@@](C)=O)cc1. The first-order chi connectivity index (χ1) is 11.1. The Labute approximate surface area is 141 Å². The summed E-state index contributed by atoms with van der Waals surface area (Å²) in [6.45, 7) is 4.48. The van der Waals surface area contributed by atoms with Gasteiger partial charge < -0.3 is 10.2 Å². The van der Waals surface area contributed by atoms with Crippen LogP contribution in [-0.4, -0.2) is 23.6 Å². The third-order valence-electron chi connectivity index (χ3n) is 4.41. The van der Waals surface area contributed by atoms with Crippen molar-refractivity contribution in [1.29, 1.82) is 0 Å². The fourth-order valence-corrected chi connectivity index (χ4v) is 3.57.